The third-order valence-electron chi connectivity index (χ3n) is 9.73. The van der Waals surface area contributed by atoms with E-state index in [1.165, 1.54) is 36.8 Å². The summed E-state index contributed by atoms with van der Waals surface area (Å²) < 4.78 is 0. The lowest BCUT2D eigenvalue weighted by Crippen LogP contribution is -2.28. The van der Waals surface area contributed by atoms with Crippen molar-refractivity contribution in [2.45, 2.75) is 78.1 Å². The van der Waals surface area contributed by atoms with Crippen molar-refractivity contribution in [1.82, 2.24) is 21.3 Å². The third kappa shape index (κ3) is 17.0. The Bertz CT molecular complexity index is 1320. The van der Waals surface area contributed by atoms with Crippen LogP contribution >= 0.6 is 32.4 Å². The molecule has 0 aromatic carbocycles. The SMILES string of the molecule is C=N/N=C(\SCNCCC(=C)/C=C\C(=C/C)C1CCNCC1)C1CCC[C@H](/C(=N/N=C)SCNC(=P)C/C=C/C=C(\C=C/C)C2CCNCC2)C1. The van der Waals surface area contributed by atoms with E-state index in [1.54, 1.807) is 23.5 Å². The lowest BCUT2D eigenvalue weighted by atomic mass is 9.82. The zero-order valence-corrected chi connectivity index (χ0v) is 33.8. The minimum atomic E-state index is 0.315. The number of nitrogens with zero attached hydrogens (tertiary/aromatic N) is 4. The Morgan fingerprint density at radius 2 is 1.41 bits per heavy atom. The fourth-order valence-electron chi connectivity index (χ4n) is 6.91. The lowest BCUT2D eigenvalue weighted by Gasteiger charge is -2.29. The summed E-state index contributed by atoms with van der Waals surface area (Å²) >= 11 is 3.44. The van der Waals surface area contributed by atoms with Gasteiger partial charge < -0.3 is 16.0 Å². The first-order valence-electron chi connectivity index (χ1n) is 18.8. The summed E-state index contributed by atoms with van der Waals surface area (Å²) in [5.74, 6) is 3.42. The minimum Gasteiger partial charge on any atom is -0.317 e. The van der Waals surface area contributed by atoms with Crippen LogP contribution in [-0.2, 0) is 0 Å². The number of piperidine rings is 2. The Morgan fingerprint density at radius 3 is 2.00 bits per heavy atom. The van der Waals surface area contributed by atoms with Crippen molar-refractivity contribution in [3.8, 4) is 0 Å². The average molecular weight is 751 g/mol. The summed E-state index contributed by atoms with van der Waals surface area (Å²) in [6, 6.07) is 0. The lowest BCUT2D eigenvalue weighted by molar-refractivity contribution is 0.390. The number of nitrogens with one attached hydrogen (secondary N) is 4. The van der Waals surface area contributed by atoms with Gasteiger partial charge in [0.05, 0.1) is 5.88 Å². The molecule has 3 rings (SSSR count). The van der Waals surface area contributed by atoms with Crippen LogP contribution in [0.4, 0.5) is 0 Å². The van der Waals surface area contributed by atoms with Crippen LogP contribution in [0.5, 0.6) is 0 Å². The molecule has 4 N–H and O–H groups in total. The van der Waals surface area contributed by atoms with E-state index in [9.17, 15) is 0 Å². The van der Waals surface area contributed by atoms with E-state index in [2.05, 4.69) is 133 Å². The molecule has 8 nitrogen and oxygen atoms in total. The van der Waals surface area contributed by atoms with Crippen molar-refractivity contribution in [3.63, 3.8) is 0 Å². The predicted molar refractivity (Wildman–Crippen MR) is 233 cm³/mol. The summed E-state index contributed by atoms with van der Waals surface area (Å²) in [5.41, 5.74) is 5.04. The highest BCUT2D eigenvalue weighted by Gasteiger charge is 2.30. The zero-order chi connectivity index (χ0) is 36.5. The molecule has 0 spiro atoms. The Labute approximate surface area is 319 Å². The second-order valence-corrected chi connectivity index (χ2v) is 15.9. The molecule has 3 fully saturated rings. The van der Waals surface area contributed by atoms with Gasteiger partial charge in [0.2, 0.25) is 0 Å². The van der Waals surface area contributed by atoms with Crippen LogP contribution in [0.1, 0.15) is 78.1 Å². The van der Waals surface area contributed by atoms with Crippen LogP contribution in [0.2, 0.25) is 0 Å². The van der Waals surface area contributed by atoms with E-state index < -0.39 is 0 Å². The fraction of sp³-hybridized carbons (Fsp3) is 0.575. The van der Waals surface area contributed by atoms with E-state index in [4.69, 9.17) is 0 Å². The first-order valence-corrected chi connectivity index (χ1v) is 21.2. The van der Waals surface area contributed by atoms with Gasteiger partial charge >= 0.3 is 0 Å². The van der Waals surface area contributed by atoms with Crippen LogP contribution < -0.4 is 21.3 Å². The molecule has 0 radical (unpaired) electrons. The van der Waals surface area contributed by atoms with E-state index in [1.807, 2.05) is 0 Å². The summed E-state index contributed by atoms with van der Waals surface area (Å²) in [7, 11) is 3.79. The fourth-order valence-corrected chi connectivity index (χ4v) is 9.16. The number of thioether (sulfide) groups is 2. The number of hydrogen-bond acceptors (Lipinski definition) is 9. The van der Waals surface area contributed by atoms with Gasteiger partial charge in [-0.2, -0.15) is 10.2 Å². The molecule has 2 aliphatic heterocycles. The number of hydrogen-bond donors (Lipinski definition) is 4. The summed E-state index contributed by atoms with van der Waals surface area (Å²) in [6.45, 7) is 21.1. The van der Waals surface area contributed by atoms with Crippen LogP contribution in [0.15, 0.2) is 92.3 Å². The minimum absolute atomic E-state index is 0.315. The van der Waals surface area contributed by atoms with Crippen molar-refractivity contribution in [1.29, 1.82) is 0 Å². The highest BCUT2D eigenvalue weighted by Crippen LogP contribution is 2.36. The largest absolute Gasteiger partial charge is 0.317 e. The summed E-state index contributed by atoms with van der Waals surface area (Å²) in [6.07, 6.45) is 28.6. The zero-order valence-electron chi connectivity index (χ0n) is 31.2. The first-order chi connectivity index (χ1) is 25.0. The smallest absolute Gasteiger partial charge is 0.100 e. The number of allylic oxidation sites excluding steroid dienone is 9. The molecule has 2 atom stereocenters. The molecule has 0 bridgehead atoms. The average Bonchev–Trinajstić information content (AvgIpc) is 3.16. The van der Waals surface area contributed by atoms with Crippen LogP contribution in [0.25, 0.3) is 0 Å². The van der Waals surface area contributed by atoms with Gasteiger partial charge in [0.1, 0.15) is 10.1 Å². The van der Waals surface area contributed by atoms with Gasteiger partial charge in [-0.15, -0.1) is 19.1 Å². The Hall–Kier alpha value is -2.17. The van der Waals surface area contributed by atoms with Crippen molar-refractivity contribution in [2.24, 2.45) is 44.1 Å². The Morgan fingerprint density at radius 1 is 0.804 bits per heavy atom. The predicted octanol–water partition coefficient (Wildman–Crippen LogP) is 8.55. The maximum Gasteiger partial charge on any atom is 0.100 e. The molecular formula is C40H63N8PS2. The Balaban J connectivity index is 1.40. The summed E-state index contributed by atoms with van der Waals surface area (Å²) in [4.78, 5) is 0. The van der Waals surface area contributed by atoms with Gasteiger partial charge in [0.15, 0.2) is 0 Å². The second kappa shape index (κ2) is 26.6. The van der Waals surface area contributed by atoms with Gasteiger partial charge in [-0.3, -0.25) is 5.32 Å². The monoisotopic (exact) mass is 750 g/mol. The van der Waals surface area contributed by atoms with Crippen molar-refractivity contribution in [3.05, 3.63) is 71.9 Å². The maximum atomic E-state index is 4.48. The van der Waals surface area contributed by atoms with E-state index in [-0.39, 0.29) is 0 Å². The van der Waals surface area contributed by atoms with Gasteiger partial charge in [0.25, 0.3) is 0 Å². The molecule has 2 heterocycles. The topological polar surface area (TPSA) is 97.6 Å². The maximum absolute atomic E-state index is 4.48. The standard InChI is InChI=1S/C40H63N8PS2/c1-6-11-33(35-21-26-44-27-22-35)12-8-9-15-38(49)46-30-51-40(48-42-5)37-14-10-13-36(28-37)39(47-41-4)50-29-45-23-18-31(3)16-17-32(7-2)34-19-24-43-25-20-34/h6-9,11-12,16-17,34-37,43-46,49H,3-5,10,13-15,18-30H2,1-2H3/b9-8+,11-6-,17-16-,32-7+,33-12+,47-39-,48-40-/t36?,37-/m0/s1. The molecule has 1 unspecified atom stereocenters. The third-order valence-corrected chi connectivity index (χ3v) is 12.2. The molecule has 280 valence electrons. The molecule has 51 heavy (non-hydrogen) atoms. The molecule has 2 saturated heterocycles. The molecular weight excluding hydrogens is 688 g/mol. The summed E-state index contributed by atoms with van der Waals surface area (Å²) in [5, 5.41) is 32.9. The van der Waals surface area contributed by atoms with Crippen LogP contribution in [-0.4, -0.2) is 73.4 Å². The quantitative estimate of drug-likeness (QED) is 0.0190. The highest BCUT2D eigenvalue weighted by atomic mass is 32.2. The Kier molecular flexibility index (Phi) is 22.5. The van der Waals surface area contributed by atoms with Crippen molar-refractivity contribution in [2.75, 3.05) is 44.5 Å². The normalized spacial score (nSPS) is 22.3. The molecule has 1 saturated carbocycles. The van der Waals surface area contributed by atoms with Crippen molar-refractivity contribution < 1.29 is 0 Å². The van der Waals surface area contributed by atoms with Crippen LogP contribution in [0, 0.1) is 23.7 Å². The van der Waals surface area contributed by atoms with Gasteiger partial charge in [-0.1, -0.05) is 90.7 Å². The van der Waals surface area contributed by atoms with Gasteiger partial charge in [-0.05, 0) is 121 Å². The van der Waals surface area contributed by atoms with Gasteiger partial charge in [-0.25, -0.2) is 0 Å². The molecule has 0 aromatic heterocycles. The highest BCUT2D eigenvalue weighted by molar-refractivity contribution is 8.14. The molecule has 11 heteroatoms. The number of rotatable bonds is 20. The molecule has 3 aliphatic rings. The van der Waals surface area contributed by atoms with E-state index in [0.29, 0.717) is 29.5 Å². The molecule has 0 amide bonds. The molecule has 0 aromatic rings. The van der Waals surface area contributed by atoms with Crippen molar-refractivity contribution >= 4 is 61.3 Å². The van der Waals surface area contributed by atoms with Crippen LogP contribution in [0.3, 0.4) is 0 Å². The molecule has 1 aliphatic carbocycles. The van der Waals surface area contributed by atoms with E-state index >= 15 is 0 Å². The van der Waals surface area contributed by atoms with E-state index in [0.717, 1.165) is 98.2 Å². The van der Waals surface area contributed by atoms with Gasteiger partial charge in [0, 0.05) is 43.0 Å². The first kappa shape index (κ1) is 43.2. The second-order valence-electron chi connectivity index (χ2n) is 13.3.